The molecule has 1 aliphatic heterocycles. The van der Waals surface area contributed by atoms with Crippen LogP contribution in [0.5, 0.6) is 0 Å². The van der Waals surface area contributed by atoms with Gasteiger partial charge in [0.1, 0.15) is 5.69 Å². The minimum Gasteiger partial charge on any atom is -0.481 e. The summed E-state index contributed by atoms with van der Waals surface area (Å²) in [6, 6.07) is 1.82. The number of rotatable bonds is 4. The van der Waals surface area contributed by atoms with Crippen molar-refractivity contribution in [2.75, 3.05) is 13.1 Å². The number of likely N-dealkylation sites (tertiary alicyclic amines) is 1. The Morgan fingerprint density at radius 1 is 1.50 bits per heavy atom. The molecule has 6 heteroatoms. The van der Waals surface area contributed by atoms with Crippen LogP contribution in [-0.2, 0) is 11.3 Å². The van der Waals surface area contributed by atoms with E-state index < -0.39 is 11.9 Å². The van der Waals surface area contributed by atoms with E-state index in [0.29, 0.717) is 31.7 Å². The summed E-state index contributed by atoms with van der Waals surface area (Å²) < 4.78 is 1.70. The van der Waals surface area contributed by atoms with Gasteiger partial charge in [-0.3, -0.25) is 14.3 Å². The molecule has 0 aliphatic carbocycles. The predicted molar refractivity (Wildman–Crippen MR) is 73.6 cm³/mol. The highest BCUT2D eigenvalue weighted by atomic mass is 16.4. The Balaban J connectivity index is 2.19. The third-order valence-electron chi connectivity index (χ3n) is 3.73. The van der Waals surface area contributed by atoms with Gasteiger partial charge in [0, 0.05) is 19.6 Å². The Morgan fingerprint density at radius 2 is 2.20 bits per heavy atom. The van der Waals surface area contributed by atoms with Crippen LogP contribution in [0.3, 0.4) is 0 Å². The number of aryl methyl sites for hydroxylation is 1. The molecule has 1 aromatic rings. The number of carbonyl (C=O) groups is 2. The van der Waals surface area contributed by atoms with E-state index in [0.717, 1.165) is 5.69 Å². The summed E-state index contributed by atoms with van der Waals surface area (Å²) in [4.78, 5) is 25.1. The topological polar surface area (TPSA) is 75.4 Å². The molecule has 20 heavy (non-hydrogen) atoms. The summed E-state index contributed by atoms with van der Waals surface area (Å²) in [7, 11) is 0. The zero-order chi connectivity index (χ0) is 14.9. The molecule has 0 bridgehead atoms. The van der Waals surface area contributed by atoms with E-state index >= 15 is 0 Å². The average Bonchev–Trinajstić information content (AvgIpc) is 3.04. The van der Waals surface area contributed by atoms with Crippen molar-refractivity contribution < 1.29 is 14.7 Å². The fourth-order valence-corrected chi connectivity index (χ4v) is 2.44. The number of carboxylic acids is 1. The lowest BCUT2D eigenvalue weighted by Gasteiger charge is -2.16. The van der Waals surface area contributed by atoms with E-state index in [1.165, 1.54) is 0 Å². The molecule has 1 fully saturated rings. The minimum absolute atomic E-state index is 0.116. The highest BCUT2D eigenvalue weighted by Gasteiger charge is 2.32. The van der Waals surface area contributed by atoms with Gasteiger partial charge in [-0.1, -0.05) is 13.8 Å². The lowest BCUT2D eigenvalue weighted by molar-refractivity contribution is -0.141. The Bertz CT molecular complexity index is 522. The number of nitrogens with zero attached hydrogens (tertiary/aromatic N) is 3. The van der Waals surface area contributed by atoms with Gasteiger partial charge in [-0.2, -0.15) is 5.10 Å². The summed E-state index contributed by atoms with van der Waals surface area (Å²) in [6.07, 6.45) is 0.526. The summed E-state index contributed by atoms with van der Waals surface area (Å²) in [5.41, 5.74) is 1.45. The molecule has 0 spiro atoms. The number of carbonyl (C=O) groups excluding carboxylic acids is 1. The van der Waals surface area contributed by atoms with Gasteiger partial charge in [-0.25, -0.2) is 0 Å². The fourth-order valence-electron chi connectivity index (χ4n) is 2.44. The zero-order valence-corrected chi connectivity index (χ0v) is 12.2. The van der Waals surface area contributed by atoms with Crippen molar-refractivity contribution in [3.8, 4) is 0 Å². The third-order valence-corrected chi connectivity index (χ3v) is 3.73. The highest BCUT2D eigenvalue weighted by Crippen LogP contribution is 2.21. The molecule has 1 aliphatic rings. The second kappa shape index (κ2) is 5.64. The van der Waals surface area contributed by atoms with Crippen LogP contribution in [0.25, 0.3) is 0 Å². The van der Waals surface area contributed by atoms with Crippen LogP contribution in [-0.4, -0.2) is 44.8 Å². The first-order valence-electron chi connectivity index (χ1n) is 7.03. The molecule has 1 saturated heterocycles. The molecule has 1 amide bonds. The van der Waals surface area contributed by atoms with Crippen molar-refractivity contribution in [2.24, 2.45) is 5.92 Å². The molecule has 1 aromatic heterocycles. The van der Waals surface area contributed by atoms with Gasteiger partial charge in [0.15, 0.2) is 0 Å². The quantitative estimate of drug-likeness (QED) is 0.907. The van der Waals surface area contributed by atoms with Crippen LogP contribution in [0, 0.1) is 5.92 Å². The van der Waals surface area contributed by atoms with E-state index in [2.05, 4.69) is 5.10 Å². The maximum Gasteiger partial charge on any atom is 0.308 e. The third kappa shape index (κ3) is 2.69. The molecule has 6 nitrogen and oxygen atoms in total. The van der Waals surface area contributed by atoms with Gasteiger partial charge in [-0.15, -0.1) is 0 Å². The molecule has 1 unspecified atom stereocenters. The van der Waals surface area contributed by atoms with E-state index in [9.17, 15) is 9.59 Å². The van der Waals surface area contributed by atoms with E-state index in [1.807, 2.05) is 26.8 Å². The molecule has 2 rings (SSSR count). The van der Waals surface area contributed by atoms with Crippen molar-refractivity contribution in [3.05, 3.63) is 17.5 Å². The van der Waals surface area contributed by atoms with Crippen LogP contribution in [0.2, 0.25) is 0 Å². The van der Waals surface area contributed by atoms with Gasteiger partial charge in [-0.05, 0) is 25.3 Å². The molecule has 110 valence electrons. The second-order valence-electron chi connectivity index (χ2n) is 5.50. The first kappa shape index (κ1) is 14.6. The molecular weight excluding hydrogens is 258 g/mol. The smallest absolute Gasteiger partial charge is 0.308 e. The lowest BCUT2D eigenvalue weighted by Crippen LogP contribution is -2.31. The van der Waals surface area contributed by atoms with Gasteiger partial charge < -0.3 is 10.0 Å². The number of hydrogen-bond acceptors (Lipinski definition) is 3. The predicted octanol–water partition coefficient (Wildman–Crippen LogP) is 1.57. The number of aliphatic carboxylic acids is 1. The van der Waals surface area contributed by atoms with Crippen molar-refractivity contribution in [1.82, 2.24) is 14.7 Å². The summed E-state index contributed by atoms with van der Waals surface area (Å²) in [6.45, 7) is 7.43. The standard InChI is InChI=1S/C14H21N3O3/c1-4-17-12(7-11(15-17)9(2)3)13(18)16-6-5-10(8-16)14(19)20/h7,9-10H,4-6,8H2,1-3H3,(H,19,20). The molecule has 0 radical (unpaired) electrons. The minimum atomic E-state index is -0.827. The van der Waals surface area contributed by atoms with Gasteiger partial charge >= 0.3 is 5.97 Å². The van der Waals surface area contributed by atoms with Crippen molar-refractivity contribution >= 4 is 11.9 Å². The molecule has 2 heterocycles. The molecule has 0 saturated carbocycles. The maximum absolute atomic E-state index is 12.5. The van der Waals surface area contributed by atoms with Gasteiger partial charge in [0.2, 0.25) is 0 Å². The van der Waals surface area contributed by atoms with Crippen LogP contribution in [0.1, 0.15) is 49.3 Å². The highest BCUT2D eigenvalue weighted by molar-refractivity contribution is 5.93. The second-order valence-corrected chi connectivity index (χ2v) is 5.50. The van der Waals surface area contributed by atoms with Crippen LogP contribution >= 0.6 is 0 Å². The summed E-state index contributed by atoms with van der Waals surface area (Å²) >= 11 is 0. The SMILES string of the molecule is CCn1nc(C(C)C)cc1C(=O)N1CCC(C(=O)O)C1. The van der Waals surface area contributed by atoms with Gasteiger partial charge in [0.25, 0.3) is 5.91 Å². The molecule has 1 N–H and O–H groups in total. The molecular formula is C14H21N3O3. The number of hydrogen-bond donors (Lipinski definition) is 1. The van der Waals surface area contributed by atoms with E-state index in [4.69, 9.17) is 5.11 Å². The average molecular weight is 279 g/mol. The van der Waals surface area contributed by atoms with Crippen LogP contribution < -0.4 is 0 Å². The van der Waals surface area contributed by atoms with Crippen molar-refractivity contribution in [1.29, 1.82) is 0 Å². The largest absolute Gasteiger partial charge is 0.481 e. The van der Waals surface area contributed by atoms with E-state index in [-0.39, 0.29) is 11.8 Å². The first-order chi connectivity index (χ1) is 9.43. The number of carboxylic acid groups (broad SMARTS) is 1. The van der Waals surface area contributed by atoms with Crippen molar-refractivity contribution in [2.45, 2.75) is 39.7 Å². The Hall–Kier alpha value is -1.85. The Kier molecular flexibility index (Phi) is 4.11. The van der Waals surface area contributed by atoms with Crippen LogP contribution in [0.15, 0.2) is 6.07 Å². The first-order valence-corrected chi connectivity index (χ1v) is 7.03. The number of aromatic nitrogens is 2. The van der Waals surface area contributed by atoms with Crippen molar-refractivity contribution in [3.63, 3.8) is 0 Å². The Labute approximate surface area is 118 Å². The summed E-state index contributed by atoms with van der Waals surface area (Å²) in [5, 5.41) is 13.4. The Morgan fingerprint density at radius 3 is 2.70 bits per heavy atom. The zero-order valence-electron chi connectivity index (χ0n) is 12.2. The summed E-state index contributed by atoms with van der Waals surface area (Å²) in [5.74, 6) is -1.12. The maximum atomic E-state index is 12.5. The van der Waals surface area contributed by atoms with Gasteiger partial charge in [0.05, 0.1) is 11.6 Å². The number of amides is 1. The monoisotopic (exact) mass is 279 g/mol. The fraction of sp³-hybridized carbons (Fsp3) is 0.643. The molecule has 1 atom stereocenters. The van der Waals surface area contributed by atoms with E-state index in [1.54, 1.807) is 9.58 Å². The molecule has 0 aromatic carbocycles. The lowest BCUT2D eigenvalue weighted by atomic mass is 10.1. The van der Waals surface area contributed by atoms with Crippen LogP contribution in [0.4, 0.5) is 0 Å². The normalized spacial score (nSPS) is 18.8.